The van der Waals surface area contributed by atoms with Gasteiger partial charge in [-0.25, -0.2) is 5.01 Å². The zero-order chi connectivity index (χ0) is 17.1. The molecule has 0 fully saturated rings. The Bertz CT molecular complexity index is 895. The molecule has 1 heterocycles. The van der Waals surface area contributed by atoms with Crippen LogP contribution in [0.15, 0.2) is 96.1 Å². The molecular weight excluding hydrogens is 312 g/mol. The Morgan fingerprint density at radius 3 is 1.80 bits per heavy atom. The fourth-order valence-electron chi connectivity index (χ4n) is 2.63. The van der Waals surface area contributed by atoms with Crippen LogP contribution in [0.1, 0.15) is 5.56 Å². The number of para-hydroxylation sites is 2. The van der Waals surface area contributed by atoms with E-state index in [1.54, 1.807) is 5.12 Å². The smallest absolute Gasteiger partial charge is 0.265 e. The van der Waals surface area contributed by atoms with Crippen molar-refractivity contribution >= 4 is 23.0 Å². The molecule has 1 amide bonds. The number of carbonyl (C=O) groups excluding carboxylic acids is 1. The van der Waals surface area contributed by atoms with Crippen molar-refractivity contribution in [2.45, 2.75) is 0 Å². The van der Waals surface area contributed by atoms with Crippen LogP contribution < -0.4 is 15.7 Å². The molecule has 0 bridgehead atoms. The van der Waals surface area contributed by atoms with Gasteiger partial charge in [0.05, 0.1) is 11.4 Å². The Hall–Kier alpha value is -3.44. The highest BCUT2D eigenvalue weighted by Crippen LogP contribution is 2.21. The average molecular weight is 328 g/mol. The molecule has 0 aromatic heterocycles. The van der Waals surface area contributed by atoms with E-state index in [1.165, 1.54) is 5.01 Å². The summed E-state index contributed by atoms with van der Waals surface area (Å²) in [7, 11) is 0. The van der Waals surface area contributed by atoms with Gasteiger partial charge in [0.25, 0.3) is 5.91 Å². The third-order valence-corrected chi connectivity index (χ3v) is 3.86. The van der Waals surface area contributed by atoms with Gasteiger partial charge in [-0.3, -0.25) is 4.79 Å². The van der Waals surface area contributed by atoms with Gasteiger partial charge in [-0.2, -0.15) is 5.12 Å². The fourth-order valence-corrected chi connectivity index (χ4v) is 2.63. The van der Waals surface area contributed by atoms with Gasteiger partial charge in [0, 0.05) is 5.56 Å². The molecule has 5 nitrogen and oxygen atoms in total. The summed E-state index contributed by atoms with van der Waals surface area (Å²) in [5.41, 5.74) is 5.81. The molecule has 3 aromatic rings. The van der Waals surface area contributed by atoms with E-state index in [0.717, 1.165) is 16.9 Å². The van der Waals surface area contributed by atoms with E-state index in [9.17, 15) is 4.79 Å². The van der Waals surface area contributed by atoms with Crippen LogP contribution in [0.4, 0.5) is 11.4 Å². The maximum absolute atomic E-state index is 13.0. The third kappa shape index (κ3) is 3.00. The van der Waals surface area contributed by atoms with Gasteiger partial charge < -0.3 is 0 Å². The summed E-state index contributed by atoms with van der Waals surface area (Å²) in [5, 5.41) is 7.64. The number of hydrazone groups is 1. The molecule has 0 saturated heterocycles. The average Bonchev–Trinajstić information content (AvgIpc) is 2.70. The Morgan fingerprint density at radius 1 is 0.680 bits per heavy atom. The molecular formula is C20H16N4O. The quantitative estimate of drug-likeness (QED) is 0.802. The lowest BCUT2D eigenvalue weighted by Crippen LogP contribution is -2.58. The number of hydrazine groups is 2. The normalized spacial score (nSPS) is 14.4. The highest BCUT2D eigenvalue weighted by atomic mass is 16.2. The summed E-state index contributed by atoms with van der Waals surface area (Å²) in [6.07, 6.45) is 0. The van der Waals surface area contributed by atoms with E-state index in [-0.39, 0.29) is 5.91 Å². The number of hydrogen-bond acceptors (Lipinski definition) is 4. The Labute approximate surface area is 145 Å². The Kier molecular flexibility index (Phi) is 3.98. The monoisotopic (exact) mass is 328 g/mol. The van der Waals surface area contributed by atoms with Crippen LogP contribution in [-0.4, -0.2) is 11.6 Å². The van der Waals surface area contributed by atoms with E-state index >= 15 is 0 Å². The number of benzene rings is 3. The lowest BCUT2D eigenvalue weighted by atomic mass is 10.1. The highest BCUT2D eigenvalue weighted by molar-refractivity contribution is 6.49. The summed E-state index contributed by atoms with van der Waals surface area (Å²) in [6.45, 7) is 0. The first-order valence-corrected chi connectivity index (χ1v) is 7.98. The third-order valence-electron chi connectivity index (χ3n) is 3.86. The summed E-state index contributed by atoms with van der Waals surface area (Å²) >= 11 is 0. The molecule has 1 aliphatic heterocycles. The number of nitrogens with zero attached hydrogens (tertiary/aromatic N) is 3. The van der Waals surface area contributed by atoms with Gasteiger partial charge in [0.15, 0.2) is 5.71 Å². The van der Waals surface area contributed by atoms with Crippen molar-refractivity contribution in [2.24, 2.45) is 5.10 Å². The van der Waals surface area contributed by atoms with Gasteiger partial charge in [-0.1, -0.05) is 66.7 Å². The summed E-state index contributed by atoms with van der Waals surface area (Å²) in [6, 6.07) is 28.6. The van der Waals surface area contributed by atoms with Gasteiger partial charge >= 0.3 is 0 Å². The molecule has 0 aliphatic carbocycles. The largest absolute Gasteiger partial charge is 0.295 e. The summed E-state index contributed by atoms with van der Waals surface area (Å²) in [5.74, 6) is -0.204. The summed E-state index contributed by atoms with van der Waals surface area (Å²) < 4.78 is 0. The second-order valence-electron chi connectivity index (χ2n) is 5.54. The first-order chi connectivity index (χ1) is 12.3. The number of nitrogens with one attached hydrogen (secondary N) is 1. The minimum atomic E-state index is -0.204. The second kappa shape index (κ2) is 6.59. The molecule has 1 N–H and O–H groups in total. The molecule has 1 aliphatic rings. The van der Waals surface area contributed by atoms with E-state index in [2.05, 4.69) is 10.6 Å². The molecule has 3 aromatic carbocycles. The maximum atomic E-state index is 13.0. The number of hydrogen-bond donors (Lipinski definition) is 1. The zero-order valence-corrected chi connectivity index (χ0v) is 13.4. The number of anilines is 2. The number of rotatable bonds is 3. The van der Waals surface area contributed by atoms with E-state index in [4.69, 9.17) is 0 Å². The van der Waals surface area contributed by atoms with Crippen LogP contribution >= 0.6 is 0 Å². The fraction of sp³-hybridized carbons (Fsp3) is 0. The standard InChI is InChI=1S/C20H16N4O/c25-20-19(16-10-4-1-5-11-16)21-24(18-14-8-3-9-15-18)22-23(20)17-12-6-2-7-13-17/h1-15,22H. The summed E-state index contributed by atoms with van der Waals surface area (Å²) in [4.78, 5) is 13.0. The van der Waals surface area contributed by atoms with Crippen LogP contribution in [-0.2, 0) is 4.79 Å². The number of carbonyl (C=O) groups is 1. The van der Waals surface area contributed by atoms with Crippen molar-refractivity contribution < 1.29 is 4.79 Å². The first-order valence-electron chi connectivity index (χ1n) is 7.98. The molecule has 0 radical (unpaired) electrons. The van der Waals surface area contributed by atoms with Crippen molar-refractivity contribution in [3.05, 3.63) is 96.6 Å². The van der Waals surface area contributed by atoms with Gasteiger partial charge in [0.1, 0.15) is 0 Å². The van der Waals surface area contributed by atoms with Crippen LogP contribution in [0, 0.1) is 0 Å². The van der Waals surface area contributed by atoms with Crippen molar-refractivity contribution in [3.63, 3.8) is 0 Å². The first kappa shape index (κ1) is 15.1. The number of amides is 1. The molecule has 25 heavy (non-hydrogen) atoms. The van der Waals surface area contributed by atoms with Crippen LogP contribution in [0.2, 0.25) is 0 Å². The molecule has 122 valence electrons. The predicted molar refractivity (Wildman–Crippen MR) is 99.0 cm³/mol. The molecule has 0 saturated carbocycles. The predicted octanol–water partition coefficient (Wildman–Crippen LogP) is 3.36. The van der Waals surface area contributed by atoms with E-state index in [0.29, 0.717) is 5.71 Å². The highest BCUT2D eigenvalue weighted by Gasteiger charge is 2.30. The van der Waals surface area contributed by atoms with Gasteiger partial charge in [-0.05, 0) is 24.3 Å². The lowest BCUT2D eigenvalue weighted by molar-refractivity contribution is -0.113. The van der Waals surface area contributed by atoms with Gasteiger partial charge in [-0.15, -0.1) is 10.6 Å². The molecule has 5 heteroatoms. The molecule has 0 spiro atoms. The lowest BCUT2D eigenvalue weighted by Gasteiger charge is -2.34. The van der Waals surface area contributed by atoms with Crippen molar-refractivity contribution in [1.29, 1.82) is 0 Å². The SMILES string of the molecule is O=C1C(c2ccccc2)=NN(c2ccccc2)NN1c1ccccc1. The minimum absolute atomic E-state index is 0.204. The van der Waals surface area contributed by atoms with Crippen LogP contribution in [0.5, 0.6) is 0 Å². The van der Waals surface area contributed by atoms with E-state index < -0.39 is 0 Å². The minimum Gasteiger partial charge on any atom is -0.265 e. The molecule has 4 rings (SSSR count). The Morgan fingerprint density at radius 2 is 1.20 bits per heavy atom. The van der Waals surface area contributed by atoms with Crippen LogP contribution in [0.3, 0.4) is 0 Å². The van der Waals surface area contributed by atoms with Crippen molar-refractivity contribution in [3.8, 4) is 0 Å². The zero-order valence-electron chi connectivity index (χ0n) is 13.4. The van der Waals surface area contributed by atoms with Crippen molar-refractivity contribution in [1.82, 2.24) is 5.53 Å². The van der Waals surface area contributed by atoms with E-state index in [1.807, 2.05) is 91.0 Å². The van der Waals surface area contributed by atoms with Crippen LogP contribution in [0.25, 0.3) is 0 Å². The van der Waals surface area contributed by atoms with Crippen molar-refractivity contribution in [2.75, 3.05) is 10.1 Å². The Balaban J connectivity index is 1.80. The second-order valence-corrected chi connectivity index (χ2v) is 5.54. The topological polar surface area (TPSA) is 47.9 Å². The molecule has 0 atom stereocenters. The maximum Gasteiger partial charge on any atom is 0.295 e. The van der Waals surface area contributed by atoms with Gasteiger partial charge in [0.2, 0.25) is 0 Å². The molecule has 0 unspecified atom stereocenters.